The van der Waals surface area contributed by atoms with Crippen molar-refractivity contribution in [2.24, 2.45) is 0 Å². The lowest BCUT2D eigenvalue weighted by Crippen LogP contribution is -2.59. The summed E-state index contributed by atoms with van der Waals surface area (Å²) < 4.78 is 6.32. The Morgan fingerprint density at radius 2 is 1.50 bits per heavy atom. The number of halogens is 1. The summed E-state index contributed by atoms with van der Waals surface area (Å²) in [6.07, 6.45) is 0.794. The summed E-state index contributed by atoms with van der Waals surface area (Å²) in [5.41, 5.74) is 0.975. The SMILES string of the molecule is CN(Cc1ccccc1)C(=O)C1COC2(CCN(C(=O)c3ccccc3Cl)CC2)N1C(=O)c1ccccc1. The molecule has 7 nitrogen and oxygen atoms in total. The highest BCUT2D eigenvalue weighted by atomic mass is 35.5. The van der Waals surface area contributed by atoms with Gasteiger partial charge in [0.15, 0.2) is 0 Å². The van der Waals surface area contributed by atoms with Gasteiger partial charge in [0, 0.05) is 45.1 Å². The molecule has 0 bridgehead atoms. The van der Waals surface area contributed by atoms with Crippen LogP contribution in [0.2, 0.25) is 5.02 Å². The molecule has 5 rings (SSSR count). The smallest absolute Gasteiger partial charge is 0.256 e. The number of likely N-dealkylation sites (tertiary alicyclic amines) is 1. The largest absolute Gasteiger partial charge is 0.353 e. The molecule has 1 spiro atoms. The molecule has 3 aromatic rings. The maximum atomic E-state index is 13.9. The fourth-order valence-corrected chi connectivity index (χ4v) is 5.55. The molecule has 3 amide bonds. The Bertz CT molecular complexity index is 1310. The minimum absolute atomic E-state index is 0.106. The van der Waals surface area contributed by atoms with Crippen molar-refractivity contribution in [2.45, 2.75) is 31.2 Å². The van der Waals surface area contributed by atoms with Crippen LogP contribution in [0.3, 0.4) is 0 Å². The number of amides is 3. The van der Waals surface area contributed by atoms with Crippen LogP contribution in [0.25, 0.3) is 0 Å². The number of nitrogens with zero attached hydrogens (tertiary/aromatic N) is 3. The van der Waals surface area contributed by atoms with Crippen molar-refractivity contribution in [1.29, 1.82) is 0 Å². The highest BCUT2D eigenvalue weighted by molar-refractivity contribution is 6.33. The van der Waals surface area contributed by atoms with Crippen molar-refractivity contribution in [3.8, 4) is 0 Å². The van der Waals surface area contributed by atoms with E-state index in [4.69, 9.17) is 16.3 Å². The van der Waals surface area contributed by atoms with Gasteiger partial charge in [-0.1, -0.05) is 72.3 Å². The Morgan fingerprint density at radius 3 is 2.16 bits per heavy atom. The van der Waals surface area contributed by atoms with Gasteiger partial charge in [-0.2, -0.15) is 0 Å². The van der Waals surface area contributed by atoms with Gasteiger partial charge in [-0.3, -0.25) is 19.3 Å². The normalized spacial score (nSPS) is 18.4. The van der Waals surface area contributed by atoms with Gasteiger partial charge in [0.25, 0.3) is 11.8 Å². The highest BCUT2D eigenvalue weighted by Crippen LogP contribution is 2.39. The average molecular weight is 532 g/mol. The lowest BCUT2D eigenvalue weighted by molar-refractivity contribution is -0.137. The van der Waals surface area contributed by atoms with Crippen LogP contribution in [0.1, 0.15) is 39.1 Å². The standard InChI is InChI=1S/C30H30ClN3O4/c1-32(20-22-10-4-2-5-11-22)29(37)26-21-38-30(34(26)27(35)23-12-6-3-7-13-23)16-18-33(19-17-30)28(36)24-14-8-9-15-25(24)31/h2-15,26H,16-21H2,1H3. The van der Waals surface area contributed by atoms with Crippen molar-refractivity contribution < 1.29 is 19.1 Å². The van der Waals surface area contributed by atoms with E-state index in [1.165, 1.54) is 0 Å². The molecule has 196 valence electrons. The van der Waals surface area contributed by atoms with Gasteiger partial charge in [-0.05, 0) is 29.8 Å². The van der Waals surface area contributed by atoms with Crippen LogP contribution in [0.5, 0.6) is 0 Å². The number of carbonyl (C=O) groups excluding carboxylic acids is 3. The number of hydrogen-bond donors (Lipinski definition) is 0. The molecule has 2 heterocycles. The maximum Gasteiger partial charge on any atom is 0.256 e. The molecule has 0 radical (unpaired) electrons. The summed E-state index contributed by atoms with van der Waals surface area (Å²) >= 11 is 6.27. The summed E-state index contributed by atoms with van der Waals surface area (Å²) in [7, 11) is 1.75. The quantitative estimate of drug-likeness (QED) is 0.487. The second-order valence-corrected chi connectivity index (χ2v) is 10.2. The van der Waals surface area contributed by atoms with Gasteiger partial charge in [0.05, 0.1) is 17.2 Å². The number of ether oxygens (including phenoxy) is 1. The molecule has 38 heavy (non-hydrogen) atoms. The fourth-order valence-electron chi connectivity index (χ4n) is 5.33. The van der Waals surface area contributed by atoms with E-state index in [9.17, 15) is 14.4 Å². The number of rotatable bonds is 5. The topological polar surface area (TPSA) is 70.2 Å². The van der Waals surface area contributed by atoms with Crippen LogP contribution in [0, 0.1) is 0 Å². The monoisotopic (exact) mass is 531 g/mol. The molecule has 0 aromatic heterocycles. The first kappa shape index (κ1) is 25.9. The van der Waals surface area contributed by atoms with E-state index in [0.717, 1.165) is 5.56 Å². The van der Waals surface area contributed by atoms with Crippen molar-refractivity contribution in [1.82, 2.24) is 14.7 Å². The van der Waals surface area contributed by atoms with E-state index in [0.29, 0.717) is 48.6 Å². The Kier molecular flexibility index (Phi) is 7.49. The van der Waals surface area contributed by atoms with Crippen LogP contribution < -0.4 is 0 Å². The second kappa shape index (κ2) is 11.0. The molecular formula is C30H30ClN3O4. The summed E-state index contributed by atoms with van der Waals surface area (Å²) in [6, 6.07) is 24.9. The van der Waals surface area contributed by atoms with Gasteiger partial charge in [-0.25, -0.2) is 0 Å². The van der Waals surface area contributed by atoms with E-state index < -0.39 is 11.8 Å². The van der Waals surface area contributed by atoms with Gasteiger partial charge in [0.1, 0.15) is 11.8 Å². The summed E-state index contributed by atoms with van der Waals surface area (Å²) in [5.74, 6) is -0.579. The Balaban J connectivity index is 1.38. The first-order valence-electron chi connectivity index (χ1n) is 12.7. The van der Waals surface area contributed by atoms with E-state index in [1.807, 2.05) is 36.4 Å². The third-order valence-electron chi connectivity index (χ3n) is 7.36. The molecule has 1 atom stereocenters. The first-order valence-corrected chi connectivity index (χ1v) is 13.1. The van der Waals surface area contributed by atoms with Gasteiger partial charge in [0.2, 0.25) is 5.91 Å². The number of hydrogen-bond acceptors (Lipinski definition) is 4. The molecule has 2 saturated heterocycles. The average Bonchev–Trinajstić information content (AvgIpc) is 3.31. The number of piperidine rings is 1. The Morgan fingerprint density at radius 1 is 0.895 bits per heavy atom. The fraction of sp³-hybridized carbons (Fsp3) is 0.300. The van der Waals surface area contributed by atoms with Crippen LogP contribution in [0.4, 0.5) is 0 Å². The third kappa shape index (κ3) is 5.04. The lowest BCUT2D eigenvalue weighted by Gasteiger charge is -2.44. The van der Waals surface area contributed by atoms with Crippen LogP contribution in [-0.2, 0) is 16.1 Å². The van der Waals surface area contributed by atoms with E-state index in [-0.39, 0.29) is 24.3 Å². The minimum Gasteiger partial charge on any atom is -0.353 e. The van der Waals surface area contributed by atoms with E-state index in [1.54, 1.807) is 70.3 Å². The molecule has 8 heteroatoms. The highest BCUT2D eigenvalue weighted by Gasteiger charge is 2.54. The zero-order valence-corrected chi connectivity index (χ0v) is 22.0. The van der Waals surface area contributed by atoms with Crippen molar-refractivity contribution in [2.75, 3.05) is 26.7 Å². The molecule has 2 aliphatic heterocycles. The van der Waals surface area contributed by atoms with Crippen molar-refractivity contribution in [3.63, 3.8) is 0 Å². The third-order valence-corrected chi connectivity index (χ3v) is 7.69. The molecule has 3 aromatic carbocycles. The molecule has 1 unspecified atom stereocenters. The molecule has 0 aliphatic carbocycles. The first-order chi connectivity index (χ1) is 18.4. The van der Waals surface area contributed by atoms with Crippen LogP contribution >= 0.6 is 11.6 Å². The van der Waals surface area contributed by atoms with Crippen molar-refractivity contribution in [3.05, 3.63) is 107 Å². The molecule has 0 saturated carbocycles. The van der Waals surface area contributed by atoms with E-state index in [2.05, 4.69) is 0 Å². The van der Waals surface area contributed by atoms with Crippen LogP contribution in [-0.4, -0.2) is 70.9 Å². The second-order valence-electron chi connectivity index (χ2n) is 9.77. The number of likely N-dealkylation sites (N-methyl/N-ethyl adjacent to an activating group) is 1. The Hall–Kier alpha value is -3.68. The summed E-state index contributed by atoms with van der Waals surface area (Å²) in [4.78, 5) is 45.7. The van der Waals surface area contributed by atoms with Crippen LogP contribution in [0.15, 0.2) is 84.9 Å². The van der Waals surface area contributed by atoms with Gasteiger partial charge in [-0.15, -0.1) is 0 Å². The minimum atomic E-state index is -0.974. The summed E-state index contributed by atoms with van der Waals surface area (Å²) in [6.45, 7) is 1.29. The predicted octanol–water partition coefficient (Wildman–Crippen LogP) is 4.47. The molecule has 0 N–H and O–H groups in total. The van der Waals surface area contributed by atoms with Gasteiger partial charge >= 0.3 is 0 Å². The molecule has 2 fully saturated rings. The predicted molar refractivity (Wildman–Crippen MR) is 145 cm³/mol. The lowest BCUT2D eigenvalue weighted by atomic mass is 9.96. The maximum absolute atomic E-state index is 13.9. The molecular weight excluding hydrogens is 502 g/mol. The Labute approximate surface area is 227 Å². The number of carbonyl (C=O) groups is 3. The zero-order chi connectivity index (χ0) is 26.7. The van der Waals surface area contributed by atoms with Crippen molar-refractivity contribution >= 4 is 29.3 Å². The summed E-state index contributed by atoms with van der Waals surface area (Å²) in [5, 5.41) is 0.405. The zero-order valence-electron chi connectivity index (χ0n) is 21.3. The number of benzene rings is 3. The van der Waals surface area contributed by atoms with Gasteiger partial charge < -0.3 is 14.5 Å². The van der Waals surface area contributed by atoms with E-state index >= 15 is 0 Å². The molecule has 2 aliphatic rings.